The van der Waals surface area contributed by atoms with Crippen molar-refractivity contribution in [3.05, 3.63) is 29.8 Å². The highest BCUT2D eigenvalue weighted by Gasteiger charge is 2.31. The molecule has 5 nitrogen and oxygen atoms in total. The number of carbonyl (C=O) groups excluding carboxylic acids is 1. The van der Waals surface area contributed by atoms with Crippen LogP contribution in [-0.2, 0) is 4.74 Å². The number of nitrogens with one attached hydrogen (secondary N) is 1. The Morgan fingerprint density at radius 2 is 1.95 bits per heavy atom. The molecule has 1 rings (SSSR count). The smallest absolute Gasteiger partial charge is 0.406 e. The third-order valence-electron chi connectivity index (χ3n) is 2.57. The van der Waals surface area contributed by atoms with Crippen molar-refractivity contribution in [3.63, 3.8) is 0 Å². The molecule has 1 aromatic rings. The molecule has 0 saturated carbocycles. The quantitative estimate of drug-likeness (QED) is 0.804. The molecule has 21 heavy (non-hydrogen) atoms. The van der Waals surface area contributed by atoms with Gasteiger partial charge in [0.2, 0.25) is 0 Å². The first-order chi connectivity index (χ1) is 9.85. The molecule has 0 aliphatic heterocycles. The molecule has 0 saturated heterocycles. The van der Waals surface area contributed by atoms with Gasteiger partial charge in [0.05, 0.1) is 12.6 Å². The van der Waals surface area contributed by atoms with Gasteiger partial charge in [-0.15, -0.1) is 13.2 Å². The summed E-state index contributed by atoms with van der Waals surface area (Å²) in [6.45, 7) is 0.685. The third kappa shape index (κ3) is 6.46. The van der Waals surface area contributed by atoms with E-state index in [1.807, 2.05) is 0 Å². The number of methoxy groups -OCH3 is 1. The van der Waals surface area contributed by atoms with Crippen LogP contribution in [0.4, 0.5) is 13.2 Å². The van der Waals surface area contributed by atoms with Crippen LogP contribution in [0.3, 0.4) is 0 Å². The molecule has 0 radical (unpaired) electrons. The lowest BCUT2D eigenvalue weighted by atomic mass is 10.1. The summed E-state index contributed by atoms with van der Waals surface area (Å²) < 4.78 is 44.7. The van der Waals surface area contributed by atoms with Crippen molar-refractivity contribution in [2.75, 3.05) is 20.3 Å². The van der Waals surface area contributed by atoms with Crippen LogP contribution in [0.25, 0.3) is 0 Å². The average Bonchev–Trinajstić information content (AvgIpc) is 2.38. The molecule has 0 bridgehead atoms. The van der Waals surface area contributed by atoms with Crippen molar-refractivity contribution in [3.8, 4) is 5.75 Å². The van der Waals surface area contributed by atoms with E-state index in [4.69, 9.17) is 10.5 Å². The van der Waals surface area contributed by atoms with Crippen molar-refractivity contribution >= 4 is 5.91 Å². The van der Waals surface area contributed by atoms with E-state index in [0.717, 1.165) is 12.1 Å². The Balaban J connectivity index is 2.65. The molecular weight excluding hydrogens is 289 g/mol. The molecule has 0 aliphatic carbocycles. The molecule has 8 heteroatoms. The van der Waals surface area contributed by atoms with Crippen molar-refractivity contribution in [1.29, 1.82) is 0 Å². The summed E-state index contributed by atoms with van der Waals surface area (Å²) in [4.78, 5) is 11.9. The standard InChI is InChI=1S/C13H17F3N2O3/c1-20-8-10(6-7-17)18-12(19)9-2-4-11(5-3-9)21-13(14,15)16/h2-5,10H,6-8,17H2,1H3,(H,18,19). The van der Waals surface area contributed by atoms with Gasteiger partial charge in [-0.1, -0.05) is 0 Å². The molecule has 1 atom stereocenters. The Hall–Kier alpha value is -1.80. The highest BCUT2D eigenvalue weighted by Crippen LogP contribution is 2.22. The van der Waals surface area contributed by atoms with Gasteiger partial charge in [-0.25, -0.2) is 0 Å². The Kier molecular flexibility index (Phi) is 6.44. The summed E-state index contributed by atoms with van der Waals surface area (Å²) >= 11 is 0. The lowest BCUT2D eigenvalue weighted by molar-refractivity contribution is -0.274. The van der Waals surface area contributed by atoms with Crippen LogP contribution >= 0.6 is 0 Å². The minimum atomic E-state index is -4.76. The molecule has 0 aliphatic rings. The van der Waals surface area contributed by atoms with Crippen LogP contribution in [0, 0.1) is 0 Å². The molecule has 1 unspecified atom stereocenters. The molecule has 118 valence electrons. The van der Waals surface area contributed by atoms with E-state index in [1.165, 1.54) is 19.2 Å². The number of ether oxygens (including phenoxy) is 2. The first-order valence-corrected chi connectivity index (χ1v) is 6.21. The van der Waals surface area contributed by atoms with Crippen molar-refractivity contribution in [1.82, 2.24) is 5.32 Å². The number of halogens is 3. The fourth-order valence-electron chi connectivity index (χ4n) is 1.68. The molecule has 0 heterocycles. The fraction of sp³-hybridized carbons (Fsp3) is 0.462. The largest absolute Gasteiger partial charge is 0.573 e. The maximum atomic E-state index is 12.0. The zero-order chi connectivity index (χ0) is 15.9. The molecule has 0 aromatic heterocycles. The second-order valence-corrected chi connectivity index (χ2v) is 4.28. The van der Waals surface area contributed by atoms with Gasteiger partial charge >= 0.3 is 6.36 Å². The summed E-state index contributed by atoms with van der Waals surface area (Å²) in [5.41, 5.74) is 5.65. The van der Waals surface area contributed by atoms with Crippen LogP contribution in [0.2, 0.25) is 0 Å². The van der Waals surface area contributed by atoms with Gasteiger partial charge < -0.3 is 20.5 Å². The number of nitrogens with two attached hydrogens (primary N) is 1. The average molecular weight is 306 g/mol. The summed E-state index contributed by atoms with van der Waals surface area (Å²) in [5, 5.41) is 2.70. The topological polar surface area (TPSA) is 73.6 Å². The lowest BCUT2D eigenvalue weighted by Gasteiger charge is -2.17. The monoisotopic (exact) mass is 306 g/mol. The highest BCUT2D eigenvalue weighted by molar-refractivity contribution is 5.94. The van der Waals surface area contributed by atoms with Crippen molar-refractivity contribution in [2.24, 2.45) is 5.73 Å². The van der Waals surface area contributed by atoms with Crippen LogP contribution in [0.1, 0.15) is 16.8 Å². The second-order valence-electron chi connectivity index (χ2n) is 4.28. The number of amides is 1. The molecular formula is C13H17F3N2O3. The summed E-state index contributed by atoms with van der Waals surface area (Å²) in [6.07, 6.45) is -4.22. The Labute approximate surface area is 120 Å². The predicted octanol–water partition coefficient (Wildman–Crippen LogP) is 1.68. The van der Waals surface area contributed by atoms with Crippen LogP contribution in [0.15, 0.2) is 24.3 Å². The number of rotatable bonds is 7. The fourth-order valence-corrected chi connectivity index (χ4v) is 1.68. The van der Waals surface area contributed by atoms with E-state index < -0.39 is 12.3 Å². The Morgan fingerprint density at radius 3 is 2.43 bits per heavy atom. The van der Waals surface area contributed by atoms with Crippen LogP contribution < -0.4 is 15.8 Å². The molecule has 0 fully saturated rings. The van der Waals surface area contributed by atoms with Gasteiger partial charge in [0.15, 0.2) is 0 Å². The zero-order valence-corrected chi connectivity index (χ0v) is 11.4. The van der Waals surface area contributed by atoms with Gasteiger partial charge in [-0.05, 0) is 37.2 Å². The second kappa shape index (κ2) is 7.84. The zero-order valence-electron chi connectivity index (χ0n) is 11.4. The predicted molar refractivity (Wildman–Crippen MR) is 69.9 cm³/mol. The van der Waals surface area contributed by atoms with Crippen LogP contribution in [-0.4, -0.2) is 38.6 Å². The maximum Gasteiger partial charge on any atom is 0.573 e. The third-order valence-corrected chi connectivity index (χ3v) is 2.57. The maximum absolute atomic E-state index is 12.0. The van der Waals surface area contributed by atoms with Crippen LogP contribution in [0.5, 0.6) is 5.75 Å². The molecule has 3 N–H and O–H groups in total. The molecule has 0 spiro atoms. The van der Waals surface area contributed by atoms with Gasteiger partial charge in [-0.2, -0.15) is 0 Å². The van der Waals surface area contributed by atoms with E-state index in [-0.39, 0.29) is 17.4 Å². The van der Waals surface area contributed by atoms with Gasteiger partial charge in [0, 0.05) is 12.7 Å². The Morgan fingerprint density at radius 1 is 1.33 bits per heavy atom. The van der Waals surface area contributed by atoms with Gasteiger partial charge in [-0.3, -0.25) is 4.79 Å². The first kappa shape index (κ1) is 17.3. The number of carbonyl (C=O) groups is 1. The normalized spacial score (nSPS) is 12.8. The summed E-state index contributed by atoms with van der Waals surface area (Å²) in [7, 11) is 1.50. The van der Waals surface area contributed by atoms with E-state index in [1.54, 1.807) is 0 Å². The summed E-state index contributed by atoms with van der Waals surface area (Å²) in [5.74, 6) is -0.793. The van der Waals surface area contributed by atoms with E-state index >= 15 is 0 Å². The van der Waals surface area contributed by atoms with Crippen molar-refractivity contribution in [2.45, 2.75) is 18.8 Å². The number of alkyl halides is 3. The van der Waals surface area contributed by atoms with Gasteiger partial charge in [0.1, 0.15) is 5.75 Å². The minimum Gasteiger partial charge on any atom is -0.406 e. The lowest BCUT2D eigenvalue weighted by Crippen LogP contribution is -2.39. The molecule has 1 aromatic carbocycles. The minimum absolute atomic E-state index is 0.225. The SMILES string of the molecule is COCC(CCN)NC(=O)c1ccc(OC(F)(F)F)cc1. The van der Waals surface area contributed by atoms with E-state index in [9.17, 15) is 18.0 Å². The molecule has 1 amide bonds. The number of hydrogen-bond acceptors (Lipinski definition) is 4. The van der Waals surface area contributed by atoms with E-state index in [0.29, 0.717) is 19.6 Å². The first-order valence-electron chi connectivity index (χ1n) is 6.21. The summed E-state index contributed by atoms with van der Waals surface area (Å²) in [6, 6.07) is 4.41. The van der Waals surface area contributed by atoms with Crippen molar-refractivity contribution < 1.29 is 27.4 Å². The highest BCUT2D eigenvalue weighted by atomic mass is 19.4. The Bertz CT molecular complexity index is 443. The van der Waals surface area contributed by atoms with E-state index in [2.05, 4.69) is 10.1 Å². The van der Waals surface area contributed by atoms with Gasteiger partial charge in [0.25, 0.3) is 5.91 Å². The number of benzene rings is 1. The number of hydrogen-bond donors (Lipinski definition) is 2.